The molecule has 3 nitrogen and oxygen atoms in total. The molecule has 0 saturated heterocycles. The van der Waals surface area contributed by atoms with Gasteiger partial charge in [0.25, 0.3) is 0 Å². The number of rotatable bonds is 3. The van der Waals surface area contributed by atoms with Gasteiger partial charge in [-0.3, -0.25) is 4.79 Å². The van der Waals surface area contributed by atoms with Crippen molar-refractivity contribution in [2.45, 2.75) is 27.2 Å². The molecule has 7 heteroatoms. The normalized spacial score (nSPS) is 8.29. The molecule has 1 atom stereocenters. The molecule has 1 unspecified atom stereocenters. The van der Waals surface area contributed by atoms with Gasteiger partial charge < -0.3 is 38.1 Å². The van der Waals surface area contributed by atoms with Crippen molar-refractivity contribution in [2.24, 2.45) is 0 Å². The van der Waals surface area contributed by atoms with E-state index >= 15 is 0 Å². The fraction of sp³-hybridized carbons (Fsp3) is 0.286. The number of carbonyl (C=O) groups is 1. The van der Waals surface area contributed by atoms with Gasteiger partial charge in [-0.25, -0.2) is 0 Å². The second kappa shape index (κ2) is 21.7. The number of nitrogens with one attached hydrogen (secondary N) is 2. The monoisotopic (exact) mass is 429 g/mol. The van der Waals surface area contributed by atoms with Crippen LogP contribution < -0.4 is 62.0 Å². The average molecular weight is 430 g/mol. The molecule has 0 aliphatic heterocycles. The van der Waals surface area contributed by atoms with Crippen LogP contribution in [-0.4, -0.2) is 16.3 Å². The number of ketones is 1. The summed E-state index contributed by atoms with van der Waals surface area (Å²) in [5.41, 5.74) is 0.862. The van der Waals surface area contributed by atoms with Gasteiger partial charge in [0.15, 0.2) is 5.11 Å². The topological polar surface area (TPSA) is 41.1 Å². The maximum atomic E-state index is 10.9. The fourth-order valence-corrected chi connectivity index (χ4v) is 1.34. The minimum absolute atomic E-state index is 0. The van der Waals surface area contributed by atoms with Crippen LogP contribution in [0.2, 0.25) is 0 Å². The van der Waals surface area contributed by atoms with Crippen LogP contribution in [0.5, 0.6) is 0 Å². The summed E-state index contributed by atoms with van der Waals surface area (Å²) in [7, 11) is 0. The molecule has 0 saturated carbocycles. The molecule has 2 N–H and O–H groups in total. The van der Waals surface area contributed by atoms with Gasteiger partial charge in [-0.15, -0.1) is 0 Å². The first-order valence-corrected chi connectivity index (χ1v) is 5.26. The maximum absolute atomic E-state index is 10.9. The van der Waals surface area contributed by atoms with Crippen molar-refractivity contribution in [3.05, 3.63) is 45.2 Å². The molecule has 0 spiro atoms. The Kier molecular flexibility index (Phi) is 39.5. The van der Waals surface area contributed by atoms with Crippen LogP contribution in [0, 0.1) is 14.9 Å². The Morgan fingerprint density at radius 2 is 1.62 bits per heavy atom. The summed E-state index contributed by atoms with van der Waals surface area (Å²) < 4.78 is 0. The number of thiocarbonyl (C=S) groups is 1. The van der Waals surface area contributed by atoms with E-state index in [1.807, 2.05) is 30.3 Å². The summed E-state index contributed by atoms with van der Waals surface area (Å²) in [5.74, 6) is -0.123. The molecule has 21 heavy (non-hydrogen) atoms. The van der Waals surface area contributed by atoms with Crippen LogP contribution in [-0.2, 0) is 50.1 Å². The Balaban J connectivity index is -0.0000000937. The van der Waals surface area contributed by atoms with Crippen molar-refractivity contribution in [3.8, 4) is 0 Å². The molecular formula is C14H25KN2OS2Y-2. The van der Waals surface area contributed by atoms with E-state index in [1.54, 1.807) is 0 Å². The molecule has 0 aliphatic rings. The summed E-state index contributed by atoms with van der Waals surface area (Å²) in [4.78, 5) is 10.9. The first-order valence-electron chi connectivity index (χ1n) is 4.38. The van der Waals surface area contributed by atoms with Crippen molar-refractivity contribution >= 4 is 41.4 Å². The Bertz CT molecular complexity index is 367. The minimum atomic E-state index is -0.672. The van der Waals surface area contributed by atoms with E-state index in [-0.39, 0.29) is 120 Å². The van der Waals surface area contributed by atoms with Crippen LogP contribution in [0.3, 0.4) is 0 Å². The van der Waals surface area contributed by atoms with E-state index < -0.39 is 5.37 Å². The smallest absolute Gasteiger partial charge is 0.761 e. The van der Waals surface area contributed by atoms with E-state index in [1.165, 1.54) is 6.92 Å². The number of Topliss-reactive ketones (excluding diaryl/α,β-unsaturated/α-hetero) is 1. The molecule has 0 amide bonds. The molecule has 1 rings (SSSR count). The molecular weight excluding hydrogens is 404 g/mol. The Morgan fingerprint density at radius 1 is 1.19 bits per heavy atom. The molecule has 1 aromatic rings. The fourth-order valence-electron chi connectivity index (χ4n) is 0.909. The van der Waals surface area contributed by atoms with Crippen molar-refractivity contribution in [3.63, 3.8) is 0 Å². The van der Waals surface area contributed by atoms with Crippen LogP contribution in [0.1, 0.15) is 21.8 Å². The van der Waals surface area contributed by atoms with Crippen molar-refractivity contribution in [1.29, 1.82) is 0 Å². The quantitative estimate of drug-likeness (QED) is 0.319. The molecule has 0 aliphatic carbocycles. The van der Waals surface area contributed by atoms with Gasteiger partial charge in [-0.1, -0.05) is 33.1 Å². The minimum Gasteiger partial charge on any atom is -0.761 e. The van der Waals surface area contributed by atoms with Gasteiger partial charge >= 0.3 is 51.4 Å². The third-order valence-electron chi connectivity index (χ3n) is 1.66. The van der Waals surface area contributed by atoms with Crippen molar-refractivity contribution in [1.82, 2.24) is 5.32 Å². The standard InChI is InChI=1S/C10H12N2OS2.2CH4.2CH3.K.Y/c1-7(13)9(14)12-10(15)11-8-5-3-2-4-6-8;;;;;;/h2-6,9,14H,1H3,(H2,11,12,15);2*1H4;2*1H3;;/q;;;2*-1;+1;/p-1. The summed E-state index contributed by atoms with van der Waals surface area (Å²) >= 11 is 9.86. The van der Waals surface area contributed by atoms with Crippen molar-refractivity contribution in [2.75, 3.05) is 5.32 Å². The van der Waals surface area contributed by atoms with Gasteiger partial charge in [-0.05, 0) is 36.6 Å². The zero-order valence-electron chi connectivity index (χ0n) is 11.8. The molecule has 0 fully saturated rings. The van der Waals surface area contributed by atoms with Crippen molar-refractivity contribution < 1.29 is 88.9 Å². The summed E-state index contributed by atoms with van der Waals surface area (Å²) in [5, 5.41) is 5.33. The SMILES string of the molecule is C.C.CC(=O)C([S-])NC(=S)Nc1ccccc1.[CH3-].[CH3-].[K+].[Y]. The molecule has 0 bridgehead atoms. The Labute approximate surface area is 209 Å². The maximum Gasteiger partial charge on any atom is 1.00 e. The van der Waals surface area contributed by atoms with E-state index in [4.69, 9.17) is 24.8 Å². The van der Waals surface area contributed by atoms with Gasteiger partial charge in [-0.2, -0.15) is 0 Å². The zero-order chi connectivity index (χ0) is 11.3. The van der Waals surface area contributed by atoms with Crippen LogP contribution in [0.4, 0.5) is 5.69 Å². The Hall–Kier alpha value is 1.67. The summed E-state index contributed by atoms with van der Waals surface area (Å²) in [6.07, 6.45) is 0. The molecule has 115 valence electrons. The second-order valence-electron chi connectivity index (χ2n) is 2.96. The molecule has 1 radical (unpaired) electrons. The first kappa shape index (κ1) is 38.3. The van der Waals surface area contributed by atoms with Crippen LogP contribution >= 0.6 is 12.2 Å². The summed E-state index contributed by atoms with van der Waals surface area (Å²) in [6.45, 7) is 1.43. The number of anilines is 1. The average Bonchev–Trinajstić information content (AvgIpc) is 2.18. The third-order valence-corrected chi connectivity index (χ3v) is 2.33. The Morgan fingerprint density at radius 3 is 2.00 bits per heavy atom. The predicted molar refractivity (Wildman–Crippen MR) is 93.9 cm³/mol. The van der Waals surface area contributed by atoms with Gasteiger partial charge in [0.1, 0.15) is 5.78 Å². The number of para-hydroxylation sites is 1. The van der Waals surface area contributed by atoms with E-state index in [0.717, 1.165) is 5.69 Å². The van der Waals surface area contributed by atoms with Gasteiger partial charge in [0.05, 0.1) is 0 Å². The van der Waals surface area contributed by atoms with Crippen LogP contribution in [0.25, 0.3) is 0 Å². The largest absolute Gasteiger partial charge is 1.00 e. The summed E-state index contributed by atoms with van der Waals surface area (Å²) in [6, 6.07) is 9.44. The predicted octanol–water partition coefficient (Wildman–Crippen LogP) is 0.609. The first-order chi connectivity index (χ1) is 7.09. The van der Waals surface area contributed by atoms with Crippen LogP contribution in [0.15, 0.2) is 30.3 Å². The number of carbonyl (C=O) groups excluding carboxylic acids is 1. The number of hydrogen-bond acceptors (Lipinski definition) is 3. The zero-order valence-corrected chi connectivity index (χ0v) is 19.4. The molecule has 1 aromatic carbocycles. The van der Waals surface area contributed by atoms with E-state index in [9.17, 15) is 4.79 Å². The second-order valence-corrected chi connectivity index (χ2v) is 3.83. The molecule has 0 heterocycles. The van der Waals surface area contributed by atoms with Gasteiger partial charge in [0, 0.05) is 38.4 Å². The van der Waals surface area contributed by atoms with Gasteiger partial charge in [0.2, 0.25) is 0 Å². The van der Waals surface area contributed by atoms with E-state index in [2.05, 4.69) is 10.6 Å². The van der Waals surface area contributed by atoms with E-state index in [0.29, 0.717) is 5.11 Å². The molecule has 0 aromatic heterocycles. The third kappa shape index (κ3) is 17.9. The number of hydrogen-bond donors (Lipinski definition) is 2. The number of benzene rings is 1.